The van der Waals surface area contributed by atoms with Gasteiger partial charge < -0.3 is 14.8 Å². The van der Waals surface area contributed by atoms with Crippen LogP contribution >= 0.6 is 0 Å². The molecular weight excluding hydrogens is 424 g/mol. The highest BCUT2D eigenvalue weighted by molar-refractivity contribution is 7.91. The Morgan fingerprint density at radius 3 is 2.41 bits per heavy atom. The van der Waals surface area contributed by atoms with E-state index in [4.69, 9.17) is 9.47 Å². The fourth-order valence-electron chi connectivity index (χ4n) is 3.39. The van der Waals surface area contributed by atoms with E-state index in [1.807, 2.05) is 54.6 Å². The number of hydrogen-bond acceptors (Lipinski definition) is 6. The molecule has 1 heterocycles. The Morgan fingerprint density at radius 2 is 1.59 bits per heavy atom. The van der Waals surface area contributed by atoms with Crippen molar-refractivity contribution in [3.05, 3.63) is 90.5 Å². The van der Waals surface area contributed by atoms with Crippen LogP contribution in [0.4, 0.5) is 5.82 Å². The third kappa shape index (κ3) is 5.00. The largest absolute Gasteiger partial charge is 0.496 e. The lowest BCUT2D eigenvalue weighted by Gasteiger charge is -2.12. The van der Waals surface area contributed by atoms with E-state index in [0.717, 1.165) is 28.0 Å². The van der Waals surface area contributed by atoms with Gasteiger partial charge in [0.2, 0.25) is 0 Å². The maximum atomic E-state index is 12.5. The lowest BCUT2D eigenvalue weighted by Crippen LogP contribution is -2.14. The monoisotopic (exact) mass is 448 g/mol. The van der Waals surface area contributed by atoms with Gasteiger partial charge in [-0.2, -0.15) is 0 Å². The minimum absolute atomic E-state index is 0.0597. The van der Waals surface area contributed by atoms with E-state index in [1.54, 1.807) is 37.4 Å². The summed E-state index contributed by atoms with van der Waals surface area (Å²) in [5.41, 5.74) is 1.80. The third-order valence-electron chi connectivity index (χ3n) is 5.06. The van der Waals surface area contributed by atoms with Crippen LogP contribution in [0, 0.1) is 0 Å². The Labute approximate surface area is 187 Å². The predicted molar refractivity (Wildman–Crippen MR) is 126 cm³/mol. The standard InChI is InChI=1S/C25H24N2O4S/c1-30-23-12-6-5-8-19(23)18-26-25-15-14-21-22(27-25)11-7-13-24(21)31-16-17-32(28,29)20-9-3-2-4-10-20/h2-15H,16-18H2,1H3,(H,26,27). The van der Waals surface area contributed by atoms with E-state index in [-0.39, 0.29) is 12.4 Å². The summed E-state index contributed by atoms with van der Waals surface area (Å²) in [5, 5.41) is 4.14. The van der Waals surface area contributed by atoms with Crippen molar-refractivity contribution in [1.82, 2.24) is 4.98 Å². The maximum absolute atomic E-state index is 12.5. The van der Waals surface area contributed by atoms with Gasteiger partial charge in [-0.05, 0) is 42.5 Å². The van der Waals surface area contributed by atoms with Gasteiger partial charge in [0.05, 0.1) is 23.3 Å². The lowest BCUT2D eigenvalue weighted by atomic mass is 10.2. The minimum atomic E-state index is -3.39. The second-order valence-corrected chi connectivity index (χ2v) is 9.27. The smallest absolute Gasteiger partial charge is 0.181 e. The SMILES string of the molecule is COc1ccccc1CNc1ccc2c(OCCS(=O)(=O)c3ccccc3)cccc2n1. The van der Waals surface area contributed by atoms with Crippen LogP contribution in [0.3, 0.4) is 0 Å². The number of nitrogens with zero attached hydrogens (tertiary/aromatic N) is 1. The van der Waals surface area contributed by atoms with Crippen molar-refractivity contribution in [2.45, 2.75) is 11.4 Å². The molecule has 4 aromatic rings. The van der Waals surface area contributed by atoms with Gasteiger partial charge in [-0.3, -0.25) is 0 Å². The molecule has 32 heavy (non-hydrogen) atoms. The molecule has 4 rings (SSSR count). The number of sulfone groups is 1. The first-order valence-corrected chi connectivity index (χ1v) is 11.9. The van der Waals surface area contributed by atoms with Crippen molar-refractivity contribution in [2.24, 2.45) is 0 Å². The lowest BCUT2D eigenvalue weighted by molar-refractivity contribution is 0.345. The molecule has 0 radical (unpaired) electrons. The summed E-state index contributed by atoms with van der Waals surface area (Å²) in [7, 11) is -1.74. The topological polar surface area (TPSA) is 77.5 Å². The van der Waals surface area contributed by atoms with Crippen LogP contribution in [0.25, 0.3) is 10.9 Å². The molecule has 0 bridgehead atoms. The predicted octanol–water partition coefficient (Wildman–Crippen LogP) is 4.71. The van der Waals surface area contributed by atoms with Crippen molar-refractivity contribution in [2.75, 3.05) is 24.8 Å². The average molecular weight is 449 g/mol. The van der Waals surface area contributed by atoms with Gasteiger partial charge >= 0.3 is 0 Å². The number of hydrogen-bond donors (Lipinski definition) is 1. The van der Waals surface area contributed by atoms with Crippen LogP contribution < -0.4 is 14.8 Å². The first-order chi connectivity index (χ1) is 15.6. The third-order valence-corrected chi connectivity index (χ3v) is 6.75. The molecule has 0 spiro atoms. The Morgan fingerprint density at radius 1 is 0.844 bits per heavy atom. The van der Waals surface area contributed by atoms with Crippen LogP contribution in [0.15, 0.2) is 89.8 Å². The van der Waals surface area contributed by atoms with Gasteiger partial charge in [-0.25, -0.2) is 13.4 Å². The van der Waals surface area contributed by atoms with Gasteiger partial charge in [0, 0.05) is 17.5 Å². The summed E-state index contributed by atoms with van der Waals surface area (Å²) in [6, 6.07) is 25.6. The number of nitrogens with one attached hydrogen (secondary N) is 1. The number of fused-ring (bicyclic) bond motifs is 1. The number of methoxy groups -OCH3 is 1. The fourth-order valence-corrected chi connectivity index (χ4v) is 4.50. The zero-order valence-corrected chi connectivity index (χ0v) is 18.5. The Balaban J connectivity index is 1.44. The molecule has 0 unspecified atom stereocenters. The zero-order chi connectivity index (χ0) is 22.4. The summed E-state index contributed by atoms with van der Waals surface area (Å²) in [6.07, 6.45) is 0. The van der Waals surface area contributed by atoms with E-state index >= 15 is 0 Å². The first kappa shape index (κ1) is 21.6. The Bertz CT molecular complexity index is 1310. The summed E-state index contributed by atoms with van der Waals surface area (Å²) >= 11 is 0. The van der Waals surface area contributed by atoms with Crippen LogP contribution in [0.2, 0.25) is 0 Å². The van der Waals surface area contributed by atoms with Gasteiger partial charge in [-0.15, -0.1) is 0 Å². The molecule has 0 aliphatic rings. The van der Waals surface area contributed by atoms with Crippen LogP contribution in [-0.4, -0.2) is 32.9 Å². The molecule has 3 aromatic carbocycles. The Kier molecular flexibility index (Phi) is 6.56. The molecule has 0 saturated carbocycles. The number of benzene rings is 3. The van der Waals surface area contributed by atoms with E-state index in [1.165, 1.54) is 0 Å². The molecule has 0 saturated heterocycles. The van der Waals surface area contributed by atoms with Gasteiger partial charge in [0.15, 0.2) is 9.84 Å². The zero-order valence-electron chi connectivity index (χ0n) is 17.7. The molecule has 7 heteroatoms. The number of ether oxygens (including phenoxy) is 2. The normalized spacial score (nSPS) is 11.3. The molecule has 0 atom stereocenters. The highest BCUT2D eigenvalue weighted by Gasteiger charge is 2.14. The second kappa shape index (κ2) is 9.70. The highest BCUT2D eigenvalue weighted by atomic mass is 32.2. The molecule has 1 aromatic heterocycles. The van der Waals surface area contributed by atoms with Crippen molar-refractivity contribution < 1.29 is 17.9 Å². The molecule has 164 valence electrons. The number of aromatic nitrogens is 1. The van der Waals surface area contributed by atoms with Crippen molar-refractivity contribution in [3.8, 4) is 11.5 Å². The van der Waals surface area contributed by atoms with Gasteiger partial charge in [-0.1, -0.05) is 42.5 Å². The molecule has 0 amide bonds. The van der Waals surface area contributed by atoms with Crippen molar-refractivity contribution in [3.63, 3.8) is 0 Å². The van der Waals surface area contributed by atoms with Gasteiger partial charge in [0.1, 0.15) is 23.9 Å². The van der Waals surface area contributed by atoms with E-state index in [9.17, 15) is 8.42 Å². The summed E-state index contributed by atoms with van der Waals surface area (Å²) in [4.78, 5) is 4.96. The van der Waals surface area contributed by atoms with Gasteiger partial charge in [0.25, 0.3) is 0 Å². The van der Waals surface area contributed by atoms with E-state index in [2.05, 4.69) is 10.3 Å². The van der Waals surface area contributed by atoms with Crippen LogP contribution in [0.1, 0.15) is 5.56 Å². The number of para-hydroxylation sites is 1. The molecule has 1 N–H and O–H groups in total. The molecule has 0 fully saturated rings. The molecule has 6 nitrogen and oxygen atoms in total. The minimum Gasteiger partial charge on any atom is -0.496 e. The van der Waals surface area contributed by atoms with E-state index < -0.39 is 9.84 Å². The quantitative estimate of drug-likeness (QED) is 0.400. The second-order valence-electron chi connectivity index (χ2n) is 7.17. The number of rotatable bonds is 9. The molecule has 0 aliphatic carbocycles. The fraction of sp³-hybridized carbons (Fsp3) is 0.160. The average Bonchev–Trinajstić information content (AvgIpc) is 2.83. The van der Waals surface area contributed by atoms with Crippen molar-refractivity contribution >= 4 is 26.6 Å². The molecule has 0 aliphatic heterocycles. The summed E-state index contributed by atoms with van der Waals surface area (Å²) in [6.45, 7) is 0.639. The molecular formula is C25H24N2O4S. The number of anilines is 1. The van der Waals surface area contributed by atoms with Crippen molar-refractivity contribution in [1.29, 1.82) is 0 Å². The van der Waals surface area contributed by atoms with Crippen LogP contribution in [-0.2, 0) is 16.4 Å². The summed E-state index contributed by atoms with van der Waals surface area (Å²) in [5.74, 6) is 2.06. The van der Waals surface area contributed by atoms with Crippen LogP contribution in [0.5, 0.6) is 11.5 Å². The Hall–Kier alpha value is -3.58. The number of pyridine rings is 1. The highest BCUT2D eigenvalue weighted by Crippen LogP contribution is 2.26. The maximum Gasteiger partial charge on any atom is 0.181 e. The first-order valence-electron chi connectivity index (χ1n) is 10.2. The van der Waals surface area contributed by atoms with E-state index in [0.29, 0.717) is 17.2 Å². The summed E-state index contributed by atoms with van der Waals surface area (Å²) < 4.78 is 36.1.